The van der Waals surface area contributed by atoms with Crippen LogP contribution in [0, 0.1) is 24.4 Å². The summed E-state index contributed by atoms with van der Waals surface area (Å²) in [5, 5.41) is 8.09. The van der Waals surface area contributed by atoms with Crippen molar-refractivity contribution in [2.45, 2.75) is 13.5 Å². The van der Waals surface area contributed by atoms with Crippen LogP contribution in [0.4, 0.5) is 18.0 Å². The largest absolute Gasteiger partial charge is 0.512 e. The third-order valence-corrected chi connectivity index (χ3v) is 3.55. The molecule has 0 spiro atoms. The fourth-order valence-corrected chi connectivity index (χ4v) is 2.44. The molecule has 128 valence electrons. The van der Waals surface area contributed by atoms with E-state index in [1.807, 2.05) is 0 Å². The van der Waals surface area contributed by atoms with Crippen molar-refractivity contribution in [1.82, 2.24) is 4.37 Å². The number of ether oxygens (including phenoxy) is 2. The first kappa shape index (κ1) is 17.5. The van der Waals surface area contributed by atoms with E-state index in [1.165, 1.54) is 6.92 Å². The second-order valence-corrected chi connectivity index (χ2v) is 5.19. The maximum Gasteiger partial charge on any atom is 0.512 e. The molecule has 0 aliphatic rings. The molecular formula is C13H9F3N2O5S. The summed E-state index contributed by atoms with van der Waals surface area (Å²) in [5.41, 5.74) is 3.63. The average Bonchev–Trinajstić information content (AvgIpc) is 2.87. The average molecular weight is 362 g/mol. The van der Waals surface area contributed by atoms with Gasteiger partial charge in [0, 0.05) is 11.5 Å². The van der Waals surface area contributed by atoms with Gasteiger partial charge in [-0.15, -0.1) is 0 Å². The number of benzene rings is 1. The molecule has 1 aromatic heterocycles. The molecule has 0 atom stereocenters. The van der Waals surface area contributed by atoms with Crippen molar-refractivity contribution in [3.8, 4) is 10.9 Å². The third kappa shape index (κ3) is 3.40. The molecule has 1 aromatic carbocycles. The number of rotatable bonds is 5. The Morgan fingerprint density at radius 2 is 2.00 bits per heavy atom. The van der Waals surface area contributed by atoms with Crippen LogP contribution in [0.5, 0.6) is 10.9 Å². The lowest BCUT2D eigenvalue weighted by atomic mass is 10.1. The van der Waals surface area contributed by atoms with Crippen molar-refractivity contribution in [1.29, 1.82) is 0 Å². The lowest BCUT2D eigenvalue weighted by Crippen LogP contribution is -2.15. The number of hydrogen-bond acceptors (Lipinski definition) is 6. The van der Waals surface area contributed by atoms with E-state index in [-0.39, 0.29) is 5.56 Å². The van der Waals surface area contributed by atoms with Gasteiger partial charge in [0.25, 0.3) is 5.91 Å². The third-order valence-electron chi connectivity index (χ3n) is 2.84. The molecule has 0 radical (unpaired) electrons. The van der Waals surface area contributed by atoms with Gasteiger partial charge in [-0.25, -0.2) is 18.0 Å². The Labute approximate surface area is 136 Å². The minimum Gasteiger partial charge on any atom is -0.471 e. The molecule has 1 heterocycles. The van der Waals surface area contributed by atoms with E-state index in [2.05, 4.69) is 9.11 Å². The normalized spacial score (nSPS) is 10.5. The highest BCUT2D eigenvalue weighted by Gasteiger charge is 2.25. The summed E-state index contributed by atoms with van der Waals surface area (Å²) >= 11 is 0.442. The number of carbonyl (C=O) groups is 2. The quantitative estimate of drug-likeness (QED) is 0.625. The van der Waals surface area contributed by atoms with Crippen molar-refractivity contribution in [3.05, 3.63) is 40.2 Å². The van der Waals surface area contributed by atoms with E-state index in [0.717, 1.165) is 6.07 Å². The molecule has 11 heteroatoms. The summed E-state index contributed by atoms with van der Waals surface area (Å²) in [5.74, 6) is -5.33. The second-order valence-electron chi connectivity index (χ2n) is 4.45. The highest BCUT2D eigenvalue weighted by molar-refractivity contribution is 7.08. The van der Waals surface area contributed by atoms with Crippen molar-refractivity contribution >= 4 is 23.6 Å². The summed E-state index contributed by atoms with van der Waals surface area (Å²) in [7, 11) is 0. The Kier molecular flexibility index (Phi) is 4.93. The molecule has 0 bridgehead atoms. The van der Waals surface area contributed by atoms with Crippen LogP contribution in [-0.4, -0.2) is 21.5 Å². The van der Waals surface area contributed by atoms with E-state index in [0.29, 0.717) is 11.5 Å². The fourth-order valence-electron chi connectivity index (χ4n) is 1.74. The number of primary amides is 1. The minimum absolute atomic E-state index is 0.225. The Balaban J connectivity index is 2.31. The number of halogens is 3. The summed E-state index contributed by atoms with van der Waals surface area (Å²) in [6.07, 6.45) is -1.72. The Morgan fingerprint density at radius 3 is 2.58 bits per heavy atom. The molecule has 0 saturated heterocycles. The maximum atomic E-state index is 13.8. The predicted octanol–water partition coefficient (Wildman–Crippen LogP) is 2.60. The number of carbonyl (C=O) groups excluding carboxylic acids is 1. The van der Waals surface area contributed by atoms with Crippen LogP contribution in [0.3, 0.4) is 0 Å². The molecule has 0 unspecified atom stereocenters. The van der Waals surface area contributed by atoms with E-state index >= 15 is 0 Å². The topological polar surface area (TPSA) is 112 Å². The summed E-state index contributed by atoms with van der Waals surface area (Å²) in [6.45, 7) is 0.388. The van der Waals surface area contributed by atoms with Gasteiger partial charge >= 0.3 is 6.16 Å². The van der Waals surface area contributed by atoms with Crippen molar-refractivity contribution < 1.29 is 37.3 Å². The SMILES string of the molecule is Cc1cc(F)c(COc2nsc(OC(=O)O)c2C(N)=O)c(F)c1F. The van der Waals surface area contributed by atoms with Gasteiger partial charge in [-0.1, -0.05) is 0 Å². The number of carboxylic acid groups (broad SMARTS) is 1. The molecule has 3 N–H and O–H groups in total. The van der Waals surface area contributed by atoms with Crippen LogP contribution < -0.4 is 15.2 Å². The van der Waals surface area contributed by atoms with E-state index in [4.69, 9.17) is 15.6 Å². The predicted molar refractivity (Wildman–Crippen MR) is 74.7 cm³/mol. The highest BCUT2D eigenvalue weighted by Crippen LogP contribution is 2.33. The van der Waals surface area contributed by atoms with Crippen molar-refractivity contribution in [3.63, 3.8) is 0 Å². The molecule has 2 aromatic rings. The van der Waals surface area contributed by atoms with Crippen LogP contribution in [-0.2, 0) is 6.61 Å². The maximum absolute atomic E-state index is 13.8. The lowest BCUT2D eigenvalue weighted by Gasteiger charge is -2.09. The summed E-state index contributed by atoms with van der Waals surface area (Å²) in [4.78, 5) is 21.9. The monoisotopic (exact) mass is 362 g/mol. The first-order valence-corrected chi connectivity index (χ1v) is 6.95. The zero-order valence-electron chi connectivity index (χ0n) is 11.9. The van der Waals surface area contributed by atoms with Crippen LogP contribution >= 0.6 is 11.5 Å². The van der Waals surface area contributed by atoms with Gasteiger partial charge in [0.15, 0.2) is 17.2 Å². The van der Waals surface area contributed by atoms with Crippen LogP contribution in [0.1, 0.15) is 21.5 Å². The minimum atomic E-state index is -1.72. The molecule has 7 nitrogen and oxygen atoms in total. The molecule has 0 aliphatic carbocycles. The van der Waals surface area contributed by atoms with Gasteiger partial charge in [0.05, 0.1) is 5.56 Å². The number of nitrogens with two attached hydrogens (primary N) is 1. The van der Waals surface area contributed by atoms with Gasteiger partial charge in [-0.3, -0.25) is 4.79 Å². The zero-order valence-corrected chi connectivity index (χ0v) is 12.7. The summed E-state index contributed by atoms with van der Waals surface area (Å²) in [6, 6.07) is 0.784. The Bertz CT molecular complexity index is 824. The number of amides is 1. The van der Waals surface area contributed by atoms with Gasteiger partial charge in [-0.05, 0) is 18.6 Å². The smallest absolute Gasteiger partial charge is 0.471 e. The van der Waals surface area contributed by atoms with E-state index < -0.39 is 58.2 Å². The standard InChI is InChI=1S/C13H9F3N2O5S/c1-4-2-6(14)5(9(16)8(4)15)3-22-11-7(10(17)19)12(24-18-11)23-13(20)21/h2H,3H2,1H3,(H2,17,19)(H,20,21). The van der Waals surface area contributed by atoms with Crippen LogP contribution in [0.15, 0.2) is 6.07 Å². The van der Waals surface area contributed by atoms with Gasteiger partial charge in [0.1, 0.15) is 12.4 Å². The number of nitrogens with zero attached hydrogens (tertiary/aromatic N) is 1. The molecule has 2 rings (SSSR count). The highest BCUT2D eigenvalue weighted by atomic mass is 32.1. The lowest BCUT2D eigenvalue weighted by molar-refractivity contribution is 0.0992. The number of aromatic nitrogens is 1. The second kappa shape index (κ2) is 6.74. The molecule has 0 aliphatic heterocycles. The van der Waals surface area contributed by atoms with E-state index in [1.54, 1.807) is 0 Å². The first-order valence-electron chi connectivity index (χ1n) is 6.18. The van der Waals surface area contributed by atoms with Crippen LogP contribution in [0.2, 0.25) is 0 Å². The number of hydrogen-bond donors (Lipinski definition) is 2. The van der Waals surface area contributed by atoms with Crippen molar-refractivity contribution in [2.75, 3.05) is 0 Å². The van der Waals surface area contributed by atoms with Gasteiger partial charge in [-0.2, -0.15) is 4.37 Å². The number of aryl methyl sites for hydroxylation is 1. The summed E-state index contributed by atoms with van der Waals surface area (Å²) < 4.78 is 53.9. The van der Waals surface area contributed by atoms with Gasteiger partial charge < -0.3 is 20.3 Å². The first-order chi connectivity index (χ1) is 11.2. The molecule has 1 amide bonds. The Hall–Kier alpha value is -2.82. The fraction of sp³-hybridized carbons (Fsp3) is 0.154. The molecule has 0 saturated carbocycles. The van der Waals surface area contributed by atoms with Crippen LogP contribution in [0.25, 0.3) is 0 Å². The van der Waals surface area contributed by atoms with Crippen molar-refractivity contribution in [2.24, 2.45) is 5.73 Å². The molecule has 0 fully saturated rings. The Morgan fingerprint density at radius 1 is 1.33 bits per heavy atom. The zero-order chi connectivity index (χ0) is 18.0. The van der Waals surface area contributed by atoms with Gasteiger partial charge in [0.2, 0.25) is 10.9 Å². The molecule has 24 heavy (non-hydrogen) atoms. The molecular weight excluding hydrogens is 353 g/mol. The van der Waals surface area contributed by atoms with E-state index in [9.17, 15) is 22.8 Å².